The summed E-state index contributed by atoms with van der Waals surface area (Å²) >= 11 is 0. The lowest BCUT2D eigenvalue weighted by Crippen LogP contribution is -2.24. The summed E-state index contributed by atoms with van der Waals surface area (Å²) in [6.07, 6.45) is -0.406. The monoisotopic (exact) mass is 284 g/mol. The van der Waals surface area contributed by atoms with E-state index in [2.05, 4.69) is 10.2 Å². The zero-order valence-electron chi connectivity index (χ0n) is 11.3. The molecule has 1 aromatic carbocycles. The van der Waals surface area contributed by atoms with E-state index >= 15 is 0 Å². The lowest BCUT2D eigenvalue weighted by atomic mass is 10.1. The fourth-order valence-corrected chi connectivity index (χ4v) is 2.84. The van der Waals surface area contributed by atoms with Crippen LogP contribution in [0.5, 0.6) is 0 Å². The van der Waals surface area contributed by atoms with Gasteiger partial charge in [-0.25, -0.2) is 0 Å². The van der Waals surface area contributed by atoms with E-state index < -0.39 is 11.7 Å². The molecule has 2 aliphatic rings. The number of nitrogens with zero attached hydrogens (tertiary/aromatic N) is 1. The topological polar surface area (TPSA) is 15.3 Å². The molecule has 1 saturated carbocycles. The third kappa shape index (κ3) is 3.26. The van der Waals surface area contributed by atoms with Gasteiger partial charge in [0.15, 0.2) is 0 Å². The van der Waals surface area contributed by atoms with Gasteiger partial charge in [0, 0.05) is 24.8 Å². The van der Waals surface area contributed by atoms with Gasteiger partial charge >= 0.3 is 6.18 Å². The van der Waals surface area contributed by atoms with Crippen molar-refractivity contribution >= 4 is 5.69 Å². The molecule has 1 aliphatic heterocycles. The second-order valence-electron chi connectivity index (χ2n) is 5.84. The number of hydrogen-bond donors (Lipinski definition) is 1. The fourth-order valence-electron chi connectivity index (χ4n) is 2.84. The number of likely N-dealkylation sites (tertiary alicyclic amines) is 1. The van der Waals surface area contributed by atoms with Gasteiger partial charge in [0.25, 0.3) is 0 Å². The van der Waals surface area contributed by atoms with Crippen LogP contribution < -0.4 is 5.32 Å². The molecule has 1 aliphatic carbocycles. The number of rotatable bonds is 4. The molecule has 1 atom stereocenters. The van der Waals surface area contributed by atoms with Gasteiger partial charge in [-0.2, -0.15) is 13.2 Å². The maximum Gasteiger partial charge on any atom is 0.416 e. The number of alkyl halides is 3. The Hall–Kier alpha value is -1.23. The number of anilines is 1. The summed E-state index contributed by atoms with van der Waals surface area (Å²) in [5, 5.41) is 3.25. The van der Waals surface area contributed by atoms with Crippen LogP contribution in [0.1, 0.15) is 24.8 Å². The Morgan fingerprint density at radius 3 is 2.40 bits per heavy atom. The van der Waals surface area contributed by atoms with E-state index in [1.165, 1.54) is 37.9 Å². The molecule has 110 valence electrons. The predicted octanol–water partition coefficient (Wildman–Crippen LogP) is 3.60. The van der Waals surface area contributed by atoms with Gasteiger partial charge in [-0.05, 0) is 56.0 Å². The molecule has 1 heterocycles. The molecule has 1 unspecified atom stereocenters. The van der Waals surface area contributed by atoms with Gasteiger partial charge < -0.3 is 10.2 Å². The molecule has 3 rings (SSSR count). The van der Waals surface area contributed by atoms with E-state index in [1.807, 2.05) is 0 Å². The van der Waals surface area contributed by atoms with Crippen LogP contribution in [0.25, 0.3) is 0 Å². The van der Waals surface area contributed by atoms with Crippen LogP contribution >= 0.6 is 0 Å². The van der Waals surface area contributed by atoms with Crippen LogP contribution in [0.15, 0.2) is 24.3 Å². The van der Waals surface area contributed by atoms with Gasteiger partial charge in [-0.1, -0.05) is 0 Å². The summed E-state index contributed by atoms with van der Waals surface area (Å²) in [7, 11) is 0. The number of hydrogen-bond acceptors (Lipinski definition) is 2. The Labute approximate surface area is 117 Å². The summed E-state index contributed by atoms with van der Waals surface area (Å²) in [5.41, 5.74) is 0.173. The van der Waals surface area contributed by atoms with Gasteiger partial charge in [0.05, 0.1) is 5.56 Å². The molecular formula is C15H19F3N2. The minimum absolute atomic E-state index is 0.594. The standard InChI is InChI=1S/C15H19F3N2/c16-15(17,18)12-1-3-13(4-2-12)19-9-11-7-8-20(10-11)14-5-6-14/h1-4,11,14,19H,5-10H2. The number of nitrogens with one attached hydrogen (secondary N) is 1. The van der Waals surface area contributed by atoms with Crippen molar-refractivity contribution in [3.8, 4) is 0 Å². The number of benzene rings is 1. The average molecular weight is 284 g/mol. The van der Waals surface area contributed by atoms with E-state index in [9.17, 15) is 13.2 Å². The molecule has 0 radical (unpaired) electrons. The molecule has 1 N–H and O–H groups in total. The molecule has 0 spiro atoms. The highest BCUT2D eigenvalue weighted by molar-refractivity contribution is 5.45. The van der Waals surface area contributed by atoms with Crippen molar-refractivity contribution in [2.75, 3.05) is 25.0 Å². The summed E-state index contributed by atoms with van der Waals surface area (Å²) in [4.78, 5) is 2.54. The van der Waals surface area contributed by atoms with Crippen LogP contribution in [0.4, 0.5) is 18.9 Å². The lowest BCUT2D eigenvalue weighted by Gasteiger charge is -2.16. The van der Waals surface area contributed by atoms with E-state index in [-0.39, 0.29) is 0 Å². The van der Waals surface area contributed by atoms with Crippen molar-refractivity contribution in [1.82, 2.24) is 4.90 Å². The quantitative estimate of drug-likeness (QED) is 0.908. The van der Waals surface area contributed by atoms with Crippen LogP contribution in [0.2, 0.25) is 0 Å². The fraction of sp³-hybridized carbons (Fsp3) is 0.600. The minimum Gasteiger partial charge on any atom is -0.385 e. The van der Waals surface area contributed by atoms with Crippen LogP contribution in [-0.2, 0) is 6.18 Å². The van der Waals surface area contributed by atoms with Crippen LogP contribution in [0.3, 0.4) is 0 Å². The largest absolute Gasteiger partial charge is 0.416 e. The van der Waals surface area contributed by atoms with Gasteiger partial charge in [-0.3, -0.25) is 0 Å². The number of halogens is 3. The maximum atomic E-state index is 12.4. The SMILES string of the molecule is FC(F)(F)c1ccc(NCC2CCN(C3CC3)C2)cc1. The molecular weight excluding hydrogens is 265 g/mol. The first kappa shape index (κ1) is 13.7. The minimum atomic E-state index is -4.26. The normalized spacial score (nSPS) is 24.1. The first-order valence-electron chi connectivity index (χ1n) is 7.17. The predicted molar refractivity (Wildman–Crippen MR) is 72.6 cm³/mol. The zero-order valence-corrected chi connectivity index (χ0v) is 11.3. The van der Waals surface area contributed by atoms with Crippen molar-refractivity contribution in [3.63, 3.8) is 0 Å². The molecule has 20 heavy (non-hydrogen) atoms. The van der Waals surface area contributed by atoms with Crippen LogP contribution in [-0.4, -0.2) is 30.6 Å². The van der Waals surface area contributed by atoms with E-state index in [1.54, 1.807) is 0 Å². The second kappa shape index (κ2) is 5.28. The Balaban J connectivity index is 1.48. The third-order valence-corrected chi connectivity index (χ3v) is 4.19. The molecule has 2 nitrogen and oxygen atoms in total. The molecule has 2 fully saturated rings. The molecule has 1 saturated heterocycles. The first-order valence-corrected chi connectivity index (χ1v) is 7.17. The Morgan fingerprint density at radius 2 is 1.80 bits per heavy atom. The smallest absolute Gasteiger partial charge is 0.385 e. The summed E-state index contributed by atoms with van der Waals surface area (Å²) in [6, 6.07) is 6.10. The van der Waals surface area contributed by atoms with E-state index in [4.69, 9.17) is 0 Å². The molecule has 0 amide bonds. The average Bonchev–Trinajstić information content (AvgIpc) is 3.15. The zero-order chi connectivity index (χ0) is 14.2. The van der Waals surface area contributed by atoms with Crippen molar-refractivity contribution in [1.29, 1.82) is 0 Å². The Morgan fingerprint density at radius 1 is 1.10 bits per heavy atom. The van der Waals surface area contributed by atoms with Crippen molar-refractivity contribution in [2.24, 2.45) is 5.92 Å². The van der Waals surface area contributed by atoms with Crippen molar-refractivity contribution in [2.45, 2.75) is 31.5 Å². The van der Waals surface area contributed by atoms with E-state index in [0.717, 1.165) is 37.0 Å². The van der Waals surface area contributed by atoms with Gasteiger partial charge in [0.1, 0.15) is 0 Å². The van der Waals surface area contributed by atoms with Gasteiger partial charge in [-0.15, -0.1) is 0 Å². The summed E-state index contributed by atoms with van der Waals surface area (Å²) < 4.78 is 37.3. The second-order valence-corrected chi connectivity index (χ2v) is 5.84. The highest BCUT2D eigenvalue weighted by atomic mass is 19.4. The molecule has 5 heteroatoms. The summed E-state index contributed by atoms with van der Waals surface area (Å²) in [5.74, 6) is 0.609. The Bertz CT molecular complexity index is 451. The van der Waals surface area contributed by atoms with E-state index in [0.29, 0.717) is 5.92 Å². The molecule has 1 aromatic rings. The van der Waals surface area contributed by atoms with Crippen LogP contribution in [0, 0.1) is 5.92 Å². The van der Waals surface area contributed by atoms with Crippen molar-refractivity contribution in [3.05, 3.63) is 29.8 Å². The molecule has 0 aromatic heterocycles. The highest BCUT2D eigenvalue weighted by Crippen LogP contribution is 2.32. The van der Waals surface area contributed by atoms with Crippen molar-refractivity contribution < 1.29 is 13.2 Å². The Kier molecular flexibility index (Phi) is 3.63. The lowest BCUT2D eigenvalue weighted by molar-refractivity contribution is -0.137. The van der Waals surface area contributed by atoms with Gasteiger partial charge in [0.2, 0.25) is 0 Å². The highest BCUT2D eigenvalue weighted by Gasteiger charge is 2.34. The third-order valence-electron chi connectivity index (χ3n) is 4.19. The maximum absolute atomic E-state index is 12.4. The summed E-state index contributed by atoms with van der Waals surface area (Å²) in [6.45, 7) is 3.14. The molecule has 0 bridgehead atoms. The first-order chi connectivity index (χ1) is 9.52.